The molecule has 0 radical (unpaired) electrons. The molecule has 0 aromatic heterocycles. The molecule has 0 fully saturated rings. The molecule has 0 saturated heterocycles. The normalized spacial score (nSPS) is 12.0. The van der Waals surface area contributed by atoms with Gasteiger partial charge in [-0.05, 0) is 41.0 Å². The average molecular weight is 542 g/mol. The highest BCUT2D eigenvalue weighted by molar-refractivity contribution is 5.91. The molecular formula is C31H27NO8. The number of amides is 1. The molecule has 9 heteroatoms. The Hall–Kier alpha value is -5.15. The summed E-state index contributed by atoms with van der Waals surface area (Å²) in [6.45, 7) is 0.0906. The minimum Gasteiger partial charge on any atom is -0.485 e. The van der Waals surface area contributed by atoms with Gasteiger partial charge in [-0.25, -0.2) is 14.4 Å². The van der Waals surface area contributed by atoms with Gasteiger partial charge in [-0.2, -0.15) is 0 Å². The predicted molar refractivity (Wildman–Crippen MR) is 145 cm³/mol. The lowest BCUT2D eigenvalue weighted by Gasteiger charge is -2.22. The van der Waals surface area contributed by atoms with Gasteiger partial charge in [0.15, 0.2) is 17.5 Å². The third-order valence-corrected chi connectivity index (χ3v) is 5.83. The zero-order chi connectivity index (χ0) is 28.3. The number of carboxylic acid groups (broad SMARTS) is 1. The summed E-state index contributed by atoms with van der Waals surface area (Å²) >= 11 is 0. The third kappa shape index (κ3) is 7.68. The summed E-state index contributed by atoms with van der Waals surface area (Å²) < 4.78 is 16.6. The topological polar surface area (TPSA) is 131 Å². The molecule has 0 unspecified atom stereocenters. The number of hydrogen-bond donors (Lipinski definition) is 3. The van der Waals surface area contributed by atoms with Crippen LogP contribution in [0, 0.1) is 0 Å². The Labute approximate surface area is 230 Å². The molecular weight excluding hydrogens is 514 g/mol. The van der Waals surface area contributed by atoms with Crippen molar-refractivity contribution in [1.29, 1.82) is 0 Å². The molecule has 0 aliphatic heterocycles. The van der Waals surface area contributed by atoms with Crippen LogP contribution in [0.5, 0.6) is 11.5 Å². The first-order valence-electron chi connectivity index (χ1n) is 12.4. The fourth-order valence-corrected chi connectivity index (χ4v) is 3.74. The maximum absolute atomic E-state index is 12.8. The van der Waals surface area contributed by atoms with Crippen molar-refractivity contribution in [2.24, 2.45) is 0 Å². The van der Waals surface area contributed by atoms with Gasteiger partial charge in [0.2, 0.25) is 0 Å². The van der Waals surface area contributed by atoms with E-state index in [9.17, 15) is 24.6 Å². The van der Waals surface area contributed by atoms with Gasteiger partial charge < -0.3 is 29.7 Å². The van der Waals surface area contributed by atoms with E-state index in [0.29, 0.717) is 5.56 Å². The van der Waals surface area contributed by atoms with Crippen LogP contribution in [0.3, 0.4) is 0 Å². The van der Waals surface area contributed by atoms with E-state index in [-0.39, 0.29) is 35.8 Å². The van der Waals surface area contributed by atoms with Crippen molar-refractivity contribution in [2.45, 2.75) is 25.4 Å². The first-order chi connectivity index (χ1) is 19.4. The van der Waals surface area contributed by atoms with Gasteiger partial charge in [0.25, 0.3) is 0 Å². The quantitative estimate of drug-likeness (QED) is 0.181. The minimum absolute atomic E-state index is 0.0304. The predicted octanol–water partition coefficient (Wildman–Crippen LogP) is 4.90. The number of carbonyl (C=O) groups is 3. The van der Waals surface area contributed by atoms with Crippen molar-refractivity contribution in [2.75, 3.05) is 0 Å². The van der Waals surface area contributed by atoms with Crippen LogP contribution in [0.4, 0.5) is 4.79 Å². The smallest absolute Gasteiger partial charge is 0.408 e. The van der Waals surface area contributed by atoms with Gasteiger partial charge in [-0.3, -0.25) is 0 Å². The maximum Gasteiger partial charge on any atom is 0.408 e. The van der Waals surface area contributed by atoms with E-state index in [2.05, 4.69) is 5.32 Å². The molecule has 1 amide bonds. The van der Waals surface area contributed by atoms with E-state index >= 15 is 0 Å². The standard InChI is InChI=1S/C31H27NO8/c33-28(27(29(34)35)32-31(37)39-20-22-12-6-2-7-13-22)24-16-17-25(38-19-21-10-4-1-5-11-21)26(18-24)40-30(36)23-14-8-3-9-15-23/h1-18,27-28,33H,19-20H2,(H,32,37)(H,34,35)/t27-,28+/m0/s1. The Morgan fingerprint density at radius 1 is 0.725 bits per heavy atom. The van der Waals surface area contributed by atoms with E-state index in [1.807, 2.05) is 36.4 Å². The number of hydrogen-bond acceptors (Lipinski definition) is 7. The molecule has 0 bridgehead atoms. The first kappa shape index (κ1) is 27.9. The molecule has 0 heterocycles. The van der Waals surface area contributed by atoms with Crippen molar-refractivity contribution in [3.8, 4) is 11.5 Å². The lowest BCUT2D eigenvalue weighted by atomic mass is 10.0. The molecule has 2 atom stereocenters. The number of aliphatic hydroxyl groups is 1. The molecule has 4 aromatic rings. The molecule has 0 spiro atoms. The highest BCUT2D eigenvalue weighted by Crippen LogP contribution is 2.33. The van der Waals surface area contributed by atoms with Crippen molar-refractivity contribution in [1.82, 2.24) is 5.32 Å². The third-order valence-electron chi connectivity index (χ3n) is 5.83. The largest absolute Gasteiger partial charge is 0.485 e. The van der Waals surface area contributed by atoms with Gasteiger partial charge >= 0.3 is 18.0 Å². The molecule has 3 N–H and O–H groups in total. The van der Waals surface area contributed by atoms with Crippen LogP contribution in [0.2, 0.25) is 0 Å². The molecule has 9 nitrogen and oxygen atoms in total. The Bertz CT molecular complexity index is 1430. The van der Waals surface area contributed by atoms with Gasteiger partial charge in [-0.15, -0.1) is 0 Å². The lowest BCUT2D eigenvalue weighted by Crippen LogP contribution is -2.45. The Morgan fingerprint density at radius 2 is 1.30 bits per heavy atom. The second kappa shape index (κ2) is 13.6. The number of nitrogens with one attached hydrogen (secondary N) is 1. The Kier molecular flexibility index (Phi) is 9.47. The summed E-state index contributed by atoms with van der Waals surface area (Å²) in [5.74, 6) is -1.99. The van der Waals surface area contributed by atoms with Crippen molar-refractivity contribution in [3.63, 3.8) is 0 Å². The zero-order valence-electron chi connectivity index (χ0n) is 21.3. The van der Waals surface area contributed by atoms with E-state index in [0.717, 1.165) is 5.56 Å². The number of aliphatic carboxylic acids is 1. The van der Waals surface area contributed by atoms with Crippen LogP contribution in [-0.4, -0.2) is 34.3 Å². The SMILES string of the molecule is O=C(N[C@H](C(=O)O)[C@H](O)c1ccc(OCc2ccccc2)c(OC(=O)c2ccccc2)c1)OCc1ccccc1. The number of rotatable bonds is 11. The maximum atomic E-state index is 12.8. The fourth-order valence-electron chi connectivity index (χ4n) is 3.74. The summed E-state index contributed by atoms with van der Waals surface area (Å²) in [6, 6.07) is 28.9. The van der Waals surface area contributed by atoms with Crippen LogP contribution < -0.4 is 14.8 Å². The summed E-state index contributed by atoms with van der Waals surface area (Å²) in [5, 5.41) is 22.8. The van der Waals surface area contributed by atoms with Crippen LogP contribution in [0.1, 0.15) is 33.2 Å². The fraction of sp³-hybridized carbons (Fsp3) is 0.129. The molecule has 4 rings (SSSR count). The molecule has 0 aliphatic carbocycles. The van der Waals surface area contributed by atoms with E-state index in [1.54, 1.807) is 54.6 Å². The van der Waals surface area contributed by atoms with E-state index in [1.165, 1.54) is 18.2 Å². The van der Waals surface area contributed by atoms with Crippen LogP contribution in [-0.2, 0) is 22.7 Å². The number of carbonyl (C=O) groups excluding carboxylic acids is 2. The van der Waals surface area contributed by atoms with E-state index in [4.69, 9.17) is 14.2 Å². The van der Waals surface area contributed by atoms with Crippen molar-refractivity contribution < 1.29 is 38.8 Å². The summed E-state index contributed by atoms with van der Waals surface area (Å²) in [6.07, 6.45) is -2.73. The van der Waals surface area contributed by atoms with Gasteiger partial charge in [0.1, 0.15) is 19.3 Å². The Morgan fingerprint density at radius 3 is 1.90 bits per heavy atom. The molecule has 40 heavy (non-hydrogen) atoms. The van der Waals surface area contributed by atoms with Gasteiger partial charge in [0.05, 0.1) is 5.56 Å². The number of aliphatic hydroxyl groups excluding tert-OH is 1. The summed E-state index contributed by atoms with van der Waals surface area (Å²) in [7, 11) is 0. The number of ether oxygens (including phenoxy) is 3. The van der Waals surface area contributed by atoms with Crippen molar-refractivity contribution >= 4 is 18.0 Å². The van der Waals surface area contributed by atoms with Crippen LogP contribution in [0.15, 0.2) is 109 Å². The second-order valence-electron chi connectivity index (χ2n) is 8.70. The van der Waals surface area contributed by atoms with Crippen LogP contribution >= 0.6 is 0 Å². The number of alkyl carbamates (subject to hydrolysis) is 1. The molecule has 0 aliphatic rings. The van der Waals surface area contributed by atoms with Gasteiger partial charge in [0, 0.05) is 0 Å². The number of benzene rings is 4. The summed E-state index contributed by atoms with van der Waals surface area (Å²) in [4.78, 5) is 37.1. The second-order valence-corrected chi connectivity index (χ2v) is 8.70. The highest BCUT2D eigenvalue weighted by Gasteiger charge is 2.31. The lowest BCUT2D eigenvalue weighted by molar-refractivity contribution is -0.142. The van der Waals surface area contributed by atoms with Gasteiger partial charge in [-0.1, -0.05) is 84.9 Å². The summed E-state index contributed by atoms with van der Waals surface area (Å²) in [5.41, 5.74) is 1.93. The van der Waals surface area contributed by atoms with E-state index < -0.39 is 30.2 Å². The molecule has 204 valence electrons. The first-order valence-corrected chi connectivity index (χ1v) is 12.4. The average Bonchev–Trinajstić information content (AvgIpc) is 2.99. The molecule has 0 saturated carbocycles. The number of esters is 1. The van der Waals surface area contributed by atoms with Crippen molar-refractivity contribution in [3.05, 3.63) is 131 Å². The highest BCUT2D eigenvalue weighted by atomic mass is 16.6. The number of carboxylic acids is 1. The monoisotopic (exact) mass is 541 g/mol. The van der Waals surface area contributed by atoms with Crippen LogP contribution in [0.25, 0.3) is 0 Å². The molecule has 4 aromatic carbocycles. The Balaban J connectivity index is 1.53. The zero-order valence-corrected chi connectivity index (χ0v) is 21.3. The minimum atomic E-state index is -1.75.